The average molecular weight is 621 g/mol. The molecule has 0 aliphatic carbocycles. The predicted octanol–water partition coefficient (Wildman–Crippen LogP) is 4.91. The maximum Gasteiger partial charge on any atom is 0.425 e. The quantitative estimate of drug-likeness (QED) is 0.319. The minimum Gasteiger partial charge on any atom is -0.497 e. The molecular weight excluding hydrogens is 595 g/mol. The van der Waals surface area contributed by atoms with Crippen LogP contribution in [0.5, 0.6) is 5.75 Å². The number of methoxy groups -OCH3 is 1. The van der Waals surface area contributed by atoms with E-state index in [1.807, 2.05) is 0 Å². The minimum atomic E-state index is -4.64. The van der Waals surface area contributed by atoms with Gasteiger partial charge in [-0.2, -0.15) is 22.2 Å². The van der Waals surface area contributed by atoms with Crippen LogP contribution in [0.2, 0.25) is 10.0 Å². The first-order valence-electron chi connectivity index (χ1n) is 12.4. The van der Waals surface area contributed by atoms with Crippen molar-refractivity contribution in [3.8, 4) is 5.75 Å². The molecule has 1 aromatic heterocycles. The van der Waals surface area contributed by atoms with Gasteiger partial charge in [0.25, 0.3) is 0 Å². The Kier molecular flexibility index (Phi) is 9.69. The normalized spacial score (nSPS) is 12.8. The maximum atomic E-state index is 13.9. The summed E-state index contributed by atoms with van der Waals surface area (Å²) < 4.78 is 39.7. The highest BCUT2D eigenvalue weighted by Crippen LogP contribution is 2.31. The van der Waals surface area contributed by atoms with Crippen molar-refractivity contribution in [2.45, 2.75) is 32.4 Å². The molecule has 0 radical (unpaired) electrons. The van der Waals surface area contributed by atoms with E-state index in [0.29, 0.717) is 38.0 Å². The molecule has 2 heterocycles. The van der Waals surface area contributed by atoms with Gasteiger partial charge >= 0.3 is 22.3 Å². The van der Waals surface area contributed by atoms with E-state index in [-0.39, 0.29) is 42.5 Å². The Morgan fingerprint density at radius 3 is 2.46 bits per heavy atom. The lowest BCUT2D eigenvalue weighted by atomic mass is 9.96. The van der Waals surface area contributed by atoms with Crippen molar-refractivity contribution in [2.75, 3.05) is 13.7 Å². The number of amides is 1. The fraction of sp³-hybridized carbons (Fsp3) is 0.259. The van der Waals surface area contributed by atoms with Crippen LogP contribution < -0.4 is 4.74 Å². The van der Waals surface area contributed by atoms with E-state index in [0.717, 1.165) is 4.41 Å². The van der Waals surface area contributed by atoms with Gasteiger partial charge in [0.15, 0.2) is 0 Å². The topological polar surface area (TPSA) is 139 Å². The second-order valence-corrected chi connectivity index (χ2v) is 11.5. The highest BCUT2D eigenvalue weighted by atomic mass is 35.5. The lowest BCUT2D eigenvalue weighted by Gasteiger charge is -2.31. The molecule has 4 rings (SSSR count). The Hall–Kier alpha value is -3.87. The number of hydrogen-bond donors (Lipinski definition) is 1. The SMILES string of the molecule is COc1ccc2c(c1)CN(S(=O)(=O)N(CCCC(=O)O)C(=O)OCc1ccccc1)N=C2Cc1c(Cl)cncc1Cl. The number of carboxylic acids is 1. The summed E-state index contributed by atoms with van der Waals surface area (Å²) in [6, 6.07) is 13.9. The van der Waals surface area contributed by atoms with Crippen molar-refractivity contribution in [3.05, 3.63) is 93.2 Å². The number of fused-ring (bicyclic) bond motifs is 1. The molecule has 1 aliphatic heterocycles. The lowest BCUT2D eigenvalue weighted by Crippen LogP contribution is -2.46. The van der Waals surface area contributed by atoms with E-state index in [9.17, 15) is 18.0 Å². The fourth-order valence-electron chi connectivity index (χ4n) is 4.10. The molecule has 1 amide bonds. The molecule has 3 aromatic rings. The number of hydrogen-bond acceptors (Lipinski definition) is 8. The maximum absolute atomic E-state index is 13.9. The molecule has 14 heteroatoms. The first-order chi connectivity index (χ1) is 19.6. The molecule has 0 atom stereocenters. The Labute approximate surface area is 247 Å². The number of ether oxygens (including phenoxy) is 2. The second kappa shape index (κ2) is 13.2. The number of aliphatic carboxylic acids is 1. The fourth-order valence-corrected chi connectivity index (χ4v) is 5.93. The first-order valence-corrected chi connectivity index (χ1v) is 14.5. The van der Waals surface area contributed by atoms with Crippen LogP contribution in [-0.2, 0) is 39.3 Å². The second-order valence-electron chi connectivity index (χ2n) is 8.93. The number of halogens is 2. The van der Waals surface area contributed by atoms with Crippen LogP contribution in [0.15, 0.2) is 66.0 Å². The van der Waals surface area contributed by atoms with Crippen LogP contribution in [0.25, 0.3) is 0 Å². The third kappa shape index (κ3) is 7.26. The van der Waals surface area contributed by atoms with Crippen LogP contribution >= 0.6 is 23.2 Å². The van der Waals surface area contributed by atoms with Crippen molar-refractivity contribution in [1.29, 1.82) is 0 Å². The molecule has 0 unspecified atom stereocenters. The van der Waals surface area contributed by atoms with Crippen molar-refractivity contribution in [1.82, 2.24) is 13.7 Å². The van der Waals surface area contributed by atoms with Crippen LogP contribution in [0.1, 0.15) is 35.1 Å². The number of benzene rings is 2. The van der Waals surface area contributed by atoms with Crippen LogP contribution in [-0.4, -0.2) is 58.7 Å². The number of hydrazone groups is 1. The van der Waals surface area contributed by atoms with Gasteiger partial charge in [0.2, 0.25) is 0 Å². The Morgan fingerprint density at radius 1 is 1.10 bits per heavy atom. The van der Waals surface area contributed by atoms with Gasteiger partial charge in [-0.25, -0.2) is 4.79 Å². The van der Waals surface area contributed by atoms with Gasteiger partial charge in [-0.1, -0.05) is 53.5 Å². The van der Waals surface area contributed by atoms with Gasteiger partial charge in [-0.05, 0) is 41.3 Å². The zero-order valence-electron chi connectivity index (χ0n) is 21.9. The van der Waals surface area contributed by atoms with Crippen LogP contribution in [0.4, 0.5) is 4.79 Å². The first kappa shape index (κ1) is 30.1. The molecule has 216 valence electrons. The smallest absolute Gasteiger partial charge is 0.425 e. The molecule has 2 aromatic carbocycles. The van der Waals surface area contributed by atoms with Crippen LogP contribution in [0, 0.1) is 0 Å². The van der Waals surface area contributed by atoms with Crippen molar-refractivity contribution >= 4 is 51.2 Å². The summed E-state index contributed by atoms with van der Waals surface area (Å²) in [6.45, 7) is -0.841. The third-order valence-electron chi connectivity index (χ3n) is 6.16. The summed E-state index contributed by atoms with van der Waals surface area (Å²) in [5.74, 6) is -0.645. The van der Waals surface area contributed by atoms with Gasteiger partial charge in [0.05, 0.1) is 29.4 Å². The number of pyridine rings is 1. The van der Waals surface area contributed by atoms with E-state index >= 15 is 0 Å². The van der Waals surface area contributed by atoms with E-state index in [1.54, 1.807) is 48.5 Å². The molecule has 0 saturated heterocycles. The standard InChI is InChI=1S/C27H26Cl2N4O7S/c1-39-20-9-10-21-19(12-20)16-33(31-25(21)13-22-23(28)14-30-15-24(22)29)41(37,38)32(11-5-8-26(34)35)27(36)40-17-18-6-3-2-4-7-18/h2-4,6-7,9-10,12,14-15H,5,8,11,13,16-17H2,1H3,(H,34,35). The Bertz CT molecular complexity index is 1550. The van der Waals surface area contributed by atoms with Gasteiger partial charge < -0.3 is 14.6 Å². The number of aromatic nitrogens is 1. The van der Waals surface area contributed by atoms with Gasteiger partial charge in [-0.15, -0.1) is 0 Å². The molecule has 0 spiro atoms. The molecule has 11 nitrogen and oxygen atoms in total. The highest BCUT2D eigenvalue weighted by molar-refractivity contribution is 7.87. The van der Waals surface area contributed by atoms with Crippen molar-refractivity contribution in [2.24, 2.45) is 5.10 Å². The van der Waals surface area contributed by atoms with E-state index in [1.165, 1.54) is 19.5 Å². The van der Waals surface area contributed by atoms with E-state index in [2.05, 4.69) is 10.1 Å². The number of rotatable bonds is 11. The highest BCUT2D eigenvalue weighted by Gasteiger charge is 2.37. The summed E-state index contributed by atoms with van der Waals surface area (Å²) in [6.07, 6.45) is 1.25. The van der Waals surface area contributed by atoms with E-state index in [4.69, 9.17) is 37.8 Å². The van der Waals surface area contributed by atoms with Gasteiger partial charge in [0.1, 0.15) is 12.4 Å². The largest absolute Gasteiger partial charge is 0.497 e. The molecule has 41 heavy (non-hydrogen) atoms. The Balaban J connectivity index is 1.70. The number of carbonyl (C=O) groups excluding carboxylic acids is 1. The zero-order chi connectivity index (χ0) is 29.6. The lowest BCUT2D eigenvalue weighted by molar-refractivity contribution is -0.137. The summed E-state index contributed by atoms with van der Waals surface area (Å²) in [5, 5.41) is 14.0. The average Bonchev–Trinajstić information content (AvgIpc) is 2.95. The number of carbonyl (C=O) groups is 2. The molecular formula is C27H26Cl2N4O7S. The van der Waals surface area contributed by atoms with Crippen molar-refractivity contribution < 1.29 is 32.6 Å². The summed E-state index contributed by atoms with van der Waals surface area (Å²) in [5.41, 5.74) is 2.65. The third-order valence-corrected chi connectivity index (χ3v) is 8.45. The molecule has 1 aliphatic rings. The molecule has 0 fully saturated rings. The van der Waals surface area contributed by atoms with Crippen molar-refractivity contribution in [3.63, 3.8) is 0 Å². The monoisotopic (exact) mass is 620 g/mol. The van der Waals surface area contributed by atoms with Gasteiger partial charge in [-0.3, -0.25) is 9.78 Å². The Morgan fingerprint density at radius 2 is 1.80 bits per heavy atom. The number of nitrogens with zero attached hydrogens (tertiary/aromatic N) is 4. The summed E-state index contributed by atoms with van der Waals surface area (Å²) in [7, 11) is -3.16. The van der Waals surface area contributed by atoms with Gasteiger partial charge in [0, 0.05) is 37.3 Å². The number of carboxylic acid groups (broad SMARTS) is 1. The van der Waals surface area contributed by atoms with E-state index < -0.39 is 28.8 Å². The summed E-state index contributed by atoms with van der Waals surface area (Å²) in [4.78, 5) is 28.2. The minimum absolute atomic E-state index is 0.0585. The molecule has 1 N–H and O–H groups in total. The molecule has 0 saturated carbocycles. The van der Waals surface area contributed by atoms with Crippen LogP contribution in [0.3, 0.4) is 0 Å². The predicted molar refractivity (Wildman–Crippen MR) is 152 cm³/mol. The molecule has 0 bridgehead atoms. The zero-order valence-corrected chi connectivity index (χ0v) is 24.2. The summed E-state index contributed by atoms with van der Waals surface area (Å²) >= 11 is 12.7.